The highest BCUT2D eigenvalue weighted by molar-refractivity contribution is 9.10. The summed E-state index contributed by atoms with van der Waals surface area (Å²) >= 11 is 4.89. The van der Waals surface area contributed by atoms with E-state index in [0.29, 0.717) is 12.3 Å². The molecule has 2 aromatic rings. The lowest BCUT2D eigenvalue weighted by atomic mass is 10.3. The van der Waals surface area contributed by atoms with Crippen LogP contribution < -0.4 is 10.5 Å². The van der Waals surface area contributed by atoms with Crippen molar-refractivity contribution in [3.8, 4) is 5.75 Å². The first-order valence-electron chi connectivity index (χ1n) is 4.56. The number of thiophene rings is 1. The predicted octanol–water partition coefficient (Wildman–Crippen LogP) is 3.81. The number of ether oxygens (including phenoxy) is 1. The zero-order valence-electron chi connectivity index (χ0n) is 8.24. The summed E-state index contributed by atoms with van der Waals surface area (Å²) < 4.78 is 19.7. The van der Waals surface area contributed by atoms with Gasteiger partial charge in [0.1, 0.15) is 6.61 Å². The van der Waals surface area contributed by atoms with Gasteiger partial charge < -0.3 is 10.5 Å². The van der Waals surface area contributed by atoms with Crippen LogP contribution in [0, 0.1) is 5.82 Å². The van der Waals surface area contributed by atoms with Crippen LogP contribution in [0.4, 0.5) is 10.1 Å². The molecule has 0 bridgehead atoms. The fraction of sp³-hybridized carbons (Fsp3) is 0.0909. The van der Waals surface area contributed by atoms with Crippen LogP contribution in [-0.4, -0.2) is 0 Å². The van der Waals surface area contributed by atoms with Crippen LogP contribution in [0.3, 0.4) is 0 Å². The topological polar surface area (TPSA) is 35.2 Å². The molecule has 84 valence electrons. The van der Waals surface area contributed by atoms with Gasteiger partial charge in [0.2, 0.25) is 0 Å². The van der Waals surface area contributed by atoms with Crippen molar-refractivity contribution in [1.82, 2.24) is 0 Å². The van der Waals surface area contributed by atoms with Gasteiger partial charge in [0.25, 0.3) is 0 Å². The number of benzene rings is 1. The van der Waals surface area contributed by atoms with Gasteiger partial charge in [-0.15, -0.1) is 11.3 Å². The summed E-state index contributed by atoms with van der Waals surface area (Å²) in [7, 11) is 0. The lowest BCUT2D eigenvalue weighted by Crippen LogP contribution is -1.99. The van der Waals surface area contributed by atoms with Gasteiger partial charge in [-0.05, 0) is 34.1 Å². The smallest absolute Gasteiger partial charge is 0.178 e. The maximum atomic E-state index is 13.3. The number of hydrogen-bond acceptors (Lipinski definition) is 3. The van der Waals surface area contributed by atoms with Crippen molar-refractivity contribution in [3.63, 3.8) is 0 Å². The second-order valence-corrected chi connectivity index (χ2v) is 5.09. The van der Waals surface area contributed by atoms with Crippen LogP contribution in [0.1, 0.15) is 4.88 Å². The molecule has 0 aliphatic heterocycles. The van der Waals surface area contributed by atoms with Crippen LogP contribution in [-0.2, 0) is 6.61 Å². The number of nitrogen functional groups attached to an aromatic ring is 1. The molecule has 0 saturated heterocycles. The molecule has 5 heteroatoms. The number of anilines is 1. The van der Waals surface area contributed by atoms with E-state index in [-0.39, 0.29) is 5.75 Å². The van der Waals surface area contributed by atoms with E-state index in [4.69, 9.17) is 10.5 Å². The fourth-order valence-corrected chi connectivity index (χ4v) is 2.61. The van der Waals surface area contributed by atoms with Gasteiger partial charge in [0, 0.05) is 14.7 Å². The van der Waals surface area contributed by atoms with E-state index in [0.717, 1.165) is 9.35 Å². The lowest BCUT2D eigenvalue weighted by Gasteiger charge is -2.08. The highest BCUT2D eigenvalue weighted by Gasteiger charge is 2.07. The lowest BCUT2D eigenvalue weighted by molar-refractivity contribution is 0.295. The molecule has 0 unspecified atom stereocenters. The molecule has 2 rings (SSSR count). The second-order valence-electron chi connectivity index (χ2n) is 3.18. The maximum absolute atomic E-state index is 13.3. The quantitative estimate of drug-likeness (QED) is 0.875. The molecule has 1 aromatic heterocycles. The molecule has 2 N–H and O–H groups in total. The SMILES string of the molecule is Nc1cccc(F)c1OCc1cc(Br)cs1. The third-order valence-electron chi connectivity index (χ3n) is 1.98. The Labute approximate surface area is 105 Å². The van der Waals surface area contributed by atoms with Gasteiger partial charge in [-0.1, -0.05) is 6.07 Å². The maximum Gasteiger partial charge on any atom is 0.178 e. The first-order valence-corrected chi connectivity index (χ1v) is 6.24. The zero-order valence-corrected chi connectivity index (χ0v) is 10.6. The minimum atomic E-state index is -0.435. The third kappa shape index (κ3) is 2.54. The standard InChI is InChI=1S/C11H9BrFNOS/c12-7-4-8(16-6-7)5-15-11-9(13)2-1-3-10(11)14/h1-4,6H,5,14H2. The van der Waals surface area contributed by atoms with Crippen molar-refractivity contribution >= 4 is 33.0 Å². The summed E-state index contributed by atoms with van der Waals surface area (Å²) in [4.78, 5) is 1.01. The van der Waals surface area contributed by atoms with E-state index in [1.54, 1.807) is 23.5 Å². The first kappa shape index (κ1) is 11.4. The van der Waals surface area contributed by atoms with Crippen molar-refractivity contribution in [1.29, 1.82) is 0 Å². The number of rotatable bonds is 3. The number of nitrogens with two attached hydrogens (primary N) is 1. The van der Waals surface area contributed by atoms with Crippen molar-refractivity contribution < 1.29 is 9.13 Å². The van der Waals surface area contributed by atoms with Gasteiger partial charge in [0.05, 0.1) is 5.69 Å². The molecule has 16 heavy (non-hydrogen) atoms. The highest BCUT2D eigenvalue weighted by Crippen LogP contribution is 2.27. The Morgan fingerprint density at radius 3 is 2.88 bits per heavy atom. The molecule has 0 amide bonds. The third-order valence-corrected chi connectivity index (χ3v) is 3.65. The number of halogens is 2. The monoisotopic (exact) mass is 301 g/mol. The highest BCUT2D eigenvalue weighted by atomic mass is 79.9. The van der Waals surface area contributed by atoms with Gasteiger partial charge in [0.15, 0.2) is 11.6 Å². The molecule has 0 aliphatic rings. The number of para-hydroxylation sites is 1. The van der Waals surface area contributed by atoms with Crippen LogP contribution >= 0.6 is 27.3 Å². The van der Waals surface area contributed by atoms with Gasteiger partial charge >= 0.3 is 0 Å². The molecule has 2 nitrogen and oxygen atoms in total. The summed E-state index contributed by atoms with van der Waals surface area (Å²) in [6.07, 6.45) is 0. The fourth-order valence-electron chi connectivity index (χ4n) is 1.25. The average molecular weight is 302 g/mol. The van der Waals surface area contributed by atoms with Crippen molar-refractivity contribution in [2.24, 2.45) is 0 Å². The van der Waals surface area contributed by atoms with Crippen LogP contribution in [0.15, 0.2) is 34.1 Å². The Morgan fingerprint density at radius 1 is 1.44 bits per heavy atom. The molecule has 1 heterocycles. The molecule has 0 saturated carbocycles. The van der Waals surface area contributed by atoms with Crippen LogP contribution in [0.25, 0.3) is 0 Å². The van der Waals surface area contributed by atoms with Crippen molar-refractivity contribution in [2.75, 3.05) is 5.73 Å². The second kappa shape index (κ2) is 4.84. The van der Waals surface area contributed by atoms with E-state index in [9.17, 15) is 4.39 Å². The number of hydrogen-bond donors (Lipinski definition) is 1. The minimum absolute atomic E-state index is 0.118. The molecule has 0 radical (unpaired) electrons. The van der Waals surface area contributed by atoms with E-state index in [1.165, 1.54) is 6.07 Å². The van der Waals surface area contributed by atoms with E-state index in [2.05, 4.69) is 15.9 Å². The molecule has 0 spiro atoms. The van der Waals surface area contributed by atoms with Crippen LogP contribution in [0.2, 0.25) is 0 Å². The summed E-state index contributed by atoms with van der Waals surface area (Å²) in [5.74, 6) is -0.317. The molecular weight excluding hydrogens is 293 g/mol. The molecule has 1 aromatic carbocycles. The Bertz CT molecular complexity index is 480. The van der Waals surface area contributed by atoms with Crippen molar-refractivity contribution in [2.45, 2.75) is 6.61 Å². The summed E-state index contributed by atoms with van der Waals surface area (Å²) in [6, 6.07) is 6.43. The Morgan fingerprint density at radius 2 is 2.25 bits per heavy atom. The van der Waals surface area contributed by atoms with E-state index < -0.39 is 5.82 Å². The average Bonchev–Trinajstić information content (AvgIpc) is 2.63. The van der Waals surface area contributed by atoms with Crippen molar-refractivity contribution in [3.05, 3.63) is 44.8 Å². The van der Waals surface area contributed by atoms with Gasteiger partial charge in [-0.25, -0.2) is 4.39 Å². The Balaban J connectivity index is 2.10. The van der Waals surface area contributed by atoms with Gasteiger partial charge in [-0.2, -0.15) is 0 Å². The zero-order chi connectivity index (χ0) is 11.5. The van der Waals surface area contributed by atoms with E-state index in [1.807, 2.05) is 11.4 Å². The van der Waals surface area contributed by atoms with Crippen LogP contribution in [0.5, 0.6) is 5.75 Å². The summed E-state index contributed by atoms with van der Waals surface area (Å²) in [5.41, 5.74) is 5.94. The normalized spacial score (nSPS) is 10.4. The molecule has 0 aliphatic carbocycles. The molecule has 0 atom stereocenters. The molecular formula is C11H9BrFNOS. The molecule has 0 fully saturated rings. The summed E-state index contributed by atoms with van der Waals surface area (Å²) in [5, 5.41) is 1.95. The van der Waals surface area contributed by atoms with E-state index >= 15 is 0 Å². The Hall–Kier alpha value is -1.07. The van der Waals surface area contributed by atoms with Gasteiger partial charge in [-0.3, -0.25) is 0 Å². The minimum Gasteiger partial charge on any atom is -0.483 e. The Kier molecular flexibility index (Phi) is 3.46. The summed E-state index contributed by atoms with van der Waals surface area (Å²) in [6.45, 7) is 0.321. The largest absolute Gasteiger partial charge is 0.483 e. The first-order chi connectivity index (χ1) is 7.66. The predicted molar refractivity (Wildman–Crippen MR) is 67.2 cm³/mol.